The van der Waals surface area contributed by atoms with Crippen molar-refractivity contribution in [1.29, 1.82) is 0 Å². The number of hydrogen-bond donors (Lipinski definition) is 2. The monoisotopic (exact) mass is 359 g/mol. The zero-order chi connectivity index (χ0) is 18.6. The van der Waals surface area contributed by atoms with Crippen molar-refractivity contribution in [1.82, 2.24) is 0 Å². The van der Waals surface area contributed by atoms with E-state index in [9.17, 15) is 14.7 Å². The van der Waals surface area contributed by atoms with Crippen LogP contribution < -0.4 is 10.1 Å². The molecule has 0 aliphatic carbocycles. The van der Waals surface area contributed by atoms with Gasteiger partial charge in [-0.2, -0.15) is 0 Å². The summed E-state index contributed by atoms with van der Waals surface area (Å²) in [6, 6.07) is 10.1. The van der Waals surface area contributed by atoms with Gasteiger partial charge in [-0.05, 0) is 62.9 Å². The number of carboxylic acid groups (broad SMARTS) is 1. The van der Waals surface area contributed by atoms with E-state index in [4.69, 9.17) is 4.74 Å². The molecule has 0 bridgehead atoms. The van der Waals surface area contributed by atoms with Crippen molar-refractivity contribution in [2.75, 3.05) is 11.6 Å². The molecule has 0 radical (unpaired) electrons. The first-order valence-corrected chi connectivity index (χ1v) is 9.04. The van der Waals surface area contributed by atoms with E-state index in [-0.39, 0.29) is 17.6 Å². The second kappa shape index (κ2) is 8.07. The van der Waals surface area contributed by atoms with Crippen LogP contribution in [0.15, 0.2) is 41.3 Å². The van der Waals surface area contributed by atoms with Gasteiger partial charge in [-0.1, -0.05) is 6.07 Å². The Bertz CT molecular complexity index is 802. The fourth-order valence-corrected chi connectivity index (χ4v) is 2.72. The summed E-state index contributed by atoms with van der Waals surface area (Å²) in [5.41, 5.74) is 1.81. The Morgan fingerprint density at radius 2 is 1.88 bits per heavy atom. The van der Waals surface area contributed by atoms with Crippen LogP contribution in [0.1, 0.15) is 40.1 Å². The van der Waals surface area contributed by atoms with Gasteiger partial charge in [0.05, 0.1) is 17.4 Å². The quantitative estimate of drug-likeness (QED) is 0.745. The van der Waals surface area contributed by atoms with Crippen LogP contribution in [0.5, 0.6) is 5.75 Å². The molecule has 0 saturated heterocycles. The third kappa shape index (κ3) is 4.76. The van der Waals surface area contributed by atoms with Crippen LogP contribution in [0.25, 0.3) is 0 Å². The lowest BCUT2D eigenvalue weighted by molar-refractivity contribution is 0.0696. The number of aryl methyl sites for hydroxylation is 1. The van der Waals surface area contributed by atoms with Gasteiger partial charge in [-0.15, -0.1) is 11.8 Å². The van der Waals surface area contributed by atoms with Crippen molar-refractivity contribution in [3.63, 3.8) is 0 Å². The lowest BCUT2D eigenvalue weighted by Crippen LogP contribution is -2.16. The predicted octanol–water partition coefficient (Wildman–Crippen LogP) is 4.45. The molecular formula is C19H21NO4S. The molecule has 0 aromatic heterocycles. The van der Waals surface area contributed by atoms with E-state index in [2.05, 4.69) is 5.32 Å². The van der Waals surface area contributed by atoms with Gasteiger partial charge in [0.15, 0.2) is 0 Å². The minimum atomic E-state index is -1.06. The van der Waals surface area contributed by atoms with Crippen LogP contribution >= 0.6 is 11.8 Å². The molecule has 6 heteroatoms. The Balaban J connectivity index is 2.38. The zero-order valence-corrected chi connectivity index (χ0v) is 15.4. The fraction of sp³-hybridized carbons (Fsp3) is 0.263. The number of aromatic carboxylic acids is 1. The number of benzene rings is 2. The predicted molar refractivity (Wildman–Crippen MR) is 100 cm³/mol. The Morgan fingerprint density at radius 1 is 1.16 bits per heavy atom. The smallest absolute Gasteiger partial charge is 0.335 e. The Kier molecular flexibility index (Phi) is 6.09. The van der Waals surface area contributed by atoms with Crippen LogP contribution in [-0.2, 0) is 0 Å². The van der Waals surface area contributed by atoms with Gasteiger partial charge in [0.25, 0.3) is 5.91 Å². The van der Waals surface area contributed by atoms with Crippen LogP contribution in [0.3, 0.4) is 0 Å². The molecule has 0 aliphatic heterocycles. The first-order valence-electron chi connectivity index (χ1n) is 7.81. The number of carbonyl (C=O) groups excluding carboxylic acids is 1. The second-order valence-electron chi connectivity index (χ2n) is 5.82. The van der Waals surface area contributed by atoms with Gasteiger partial charge in [0, 0.05) is 10.5 Å². The first kappa shape index (κ1) is 18.9. The first-order chi connectivity index (χ1) is 11.8. The Morgan fingerprint density at radius 3 is 2.48 bits per heavy atom. The summed E-state index contributed by atoms with van der Waals surface area (Å²) in [4.78, 5) is 24.9. The van der Waals surface area contributed by atoms with Gasteiger partial charge in [0.1, 0.15) is 5.75 Å². The van der Waals surface area contributed by atoms with Crippen LogP contribution in [0.4, 0.5) is 5.69 Å². The van der Waals surface area contributed by atoms with Gasteiger partial charge in [-0.25, -0.2) is 4.79 Å². The van der Waals surface area contributed by atoms with E-state index in [1.54, 1.807) is 17.8 Å². The molecule has 2 N–H and O–H groups in total. The highest BCUT2D eigenvalue weighted by molar-refractivity contribution is 7.98. The van der Waals surface area contributed by atoms with Crippen LogP contribution in [-0.4, -0.2) is 29.3 Å². The standard InChI is InChI=1S/C19H21NO4S/c1-11(2)24-17-8-6-13(19(22)23)9-16(17)20-18(21)15-10-14(25-4)7-5-12(15)3/h5-11H,1-4H3,(H,20,21)(H,22,23). The molecule has 2 aromatic carbocycles. The molecule has 0 unspecified atom stereocenters. The highest BCUT2D eigenvalue weighted by Gasteiger charge is 2.16. The molecule has 5 nitrogen and oxygen atoms in total. The molecule has 0 fully saturated rings. The number of anilines is 1. The van der Waals surface area contributed by atoms with E-state index >= 15 is 0 Å². The largest absolute Gasteiger partial charge is 0.489 e. The molecular weight excluding hydrogens is 338 g/mol. The maximum atomic E-state index is 12.7. The minimum absolute atomic E-state index is 0.0843. The number of amides is 1. The molecule has 0 heterocycles. The molecule has 0 atom stereocenters. The van der Waals surface area contributed by atoms with Crippen molar-refractivity contribution < 1.29 is 19.4 Å². The summed E-state index contributed by atoms with van der Waals surface area (Å²) in [5.74, 6) is -0.927. The van der Waals surface area contributed by atoms with E-state index in [1.807, 2.05) is 45.2 Å². The molecule has 0 spiro atoms. The van der Waals surface area contributed by atoms with Gasteiger partial charge < -0.3 is 15.2 Å². The number of hydrogen-bond acceptors (Lipinski definition) is 4. The van der Waals surface area contributed by atoms with Gasteiger partial charge in [0.2, 0.25) is 0 Å². The normalized spacial score (nSPS) is 10.6. The van der Waals surface area contributed by atoms with E-state index in [0.29, 0.717) is 17.0 Å². The van der Waals surface area contributed by atoms with Crippen molar-refractivity contribution in [3.8, 4) is 5.75 Å². The number of nitrogens with one attached hydrogen (secondary N) is 1. The minimum Gasteiger partial charge on any atom is -0.489 e. The average Bonchev–Trinajstić information content (AvgIpc) is 2.56. The van der Waals surface area contributed by atoms with Gasteiger partial charge >= 0.3 is 5.97 Å². The SMILES string of the molecule is CSc1ccc(C)c(C(=O)Nc2cc(C(=O)O)ccc2OC(C)C)c1. The third-order valence-corrected chi connectivity index (χ3v) is 4.25. The summed E-state index contributed by atoms with van der Waals surface area (Å²) in [6.07, 6.45) is 1.84. The highest BCUT2D eigenvalue weighted by Crippen LogP contribution is 2.28. The molecule has 25 heavy (non-hydrogen) atoms. The molecule has 2 aromatic rings. The summed E-state index contributed by atoms with van der Waals surface area (Å²) < 4.78 is 5.68. The maximum Gasteiger partial charge on any atom is 0.335 e. The number of rotatable bonds is 6. The fourth-order valence-electron chi connectivity index (χ4n) is 2.28. The van der Waals surface area contributed by atoms with E-state index < -0.39 is 5.97 Å². The topological polar surface area (TPSA) is 75.6 Å². The van der Waals surface area contributed by atoms with E-state index in [0.717, 1.165) is 10.5 Å². The van der Waals surface area contributed by atoms with Gasteiger partial charge in [-0.3, -0.25) is 4.79 Å². The van der Waals surface area contributed by atoms with Crippen LogP contribution in [0.2, 0.25) is 0 Å². The molecule has 0 saturated carbocycles. The molecule has 2 rings (SSSR count). The number of carbonyl (C=O) groups is 2. The Labute approximate surface area is 151 Å². The third-order valence-electron chi connectivity index (χ3n) is 3.53. The number of carboxylic acids is 1. The highest BCUT2D eigenvalue weighted by atomic mass is 32.2. The van der Waals surface area contributed by atoms with Crippen molar-refractivity contribution in [3.05, 3.63) is 53.1 Å². The van der Waals surface area contributed by atoms with Crippen molar-refractivity contribution in [2.45, 2.75) is 31.8 Å². The number of ether oxygens (including phenoxy) is 1. The van der Waals surface area contributed by atoms with Crippen LogP contribution in [0, 0.1) is 6.92 Å². The molecule has 0 aliphatic rings. The zero-order valence-electron chi connectivity index (χ0n) is 14.6. The summed E-state index contributed by atoms with van der Waals surface area (Å²) >= 11 is 1.55. The van der Waals surface area contributed by atoms with Crippen molar-refractivity contribution >= 4 is 29.3 Å². The summed E-state index contributed by atoms with van der Waals surface area (Å²) in [7, 11) is 0. The molecule has 1 amide bonds. The summed E-state index contributed by atoms with van der Waals surface area (Å²) in [6.45, 7) is 5.59. The van der Waals surface area contributed by atoms with Crippen molar-refractivity contribution in [2.24, 2.45) is 0 Å². The lowest BCUT2D eigenvalue weighted by Gasteiger charge is -2.16. The number of thioether (sulfide) groups is 1. The lowest BCUT2D eigenvalue weighted by atomic mass is 10.1. The second-order valence-corrected chi connectivity index (χ2v) is 6.70. The maximum absolute atomic E-state index is 12.7. The average molecular weight is 359 g/mol. The summed E-state index contributed by atoms with van der Waals surface area (Å²) in [5, 5.41) is 12.0. The van der Waals surface area contributed by atoms with E-state index in [1.165, 1.54) is 12.1 Å². The Hall–Kier alpha value is -2.47. The molecule has 132 valence electrons.